The van der Waals surface area contributed by atoms with E-state index in [2.05, 4.69) is 10.3 Å². The van der Waals surface area contributed by atoms with Gasteiger partial charge >= 0.3 is 5.97 Å². The van der Waals surface area contributed by atoms with Gasteiger partial charge in [0.2, 0.25) is 0 Å². The number of amides is 1. The number of aromatic nitrogens is 1. The van der Waals surface area contributed by atoms with Crippen LogP contribution in [0.2, 0.25) is 0 Å². The molecule has 0 aromatic carbocycles. The highest BCUT2D eigenvalue weighted by Gasteiger charge is 2.14. The van der Waals surface area contributed by atoms with Gasteiger partial charge in [-0.15, -0.1) is 11.3 Å². The van der Waals surface area contributed by atoms with Gasteiger partial charge in [0.25, 0.3) is 5.91 Å². The average molecular weight is 262 g/mol. The second-order valence-corrected chi connectivity index (χ2v) is 5.29. The summed E-state index contributed by atoms with van der Waals surface area (Å²) in [7, 11) is -0.966. The highest BCUT2D eigenvalue weighted by atomic mass is 32.2. The third kappa shape index (κ3) is 3.70. The Morgan fingerprint density at radius 2 is 2.31 bits per heavy atom. The molecule has 2 N–H and O–H groups in total. The normalized spacial score (nSPS) is 12.1. The van der Waals surface area contributed by atoms with Crippen LogP contribution in [0.25, 0.3) is 0 Å². The molecule has 0 saturated heterocycles. The Labute approximate surface area is 98.2 Å². The van der Waals surface area contributed by atoms with Crippen LogP contribution in [0.5, 0.6) is 0 Å². The number of rotatable bonds is 5. The number of carboxylic acids is 1. The van der Waals surface area contributed by atoms with Gasteiger partial charge in [0.05, 0.1) is 0 Å². The molecule has 0 aliphatic heterocycles. The largest absolute Gasteiger partial charge is 0.476 e. The molecule has 1 heterocycles. The second-order valence-electron chi connectivity index (χ2n) is 2.88. The number of carbonyl (C=O) groups is 2. The van der Waals surface area contributed by atoms with Crippen molar-refractivity contribution in [2.45, 2.75) is 0 Å². The van der Waals surface area contributed by atoms with E-state index in [1.807, 2.05) is 0 Å². The summed E-state index contributed by atoms with van der Waals surface area (Å²) in [5, 5.41) is 12.5. The molecule has 6 nitrogen and oxygen atoms in total. The Balaban J connectivity index is 2.53. The summed E-state index contributed by atoms with van der Waals surface area (Å²) in [5.74, 6) is -1.24. The molecule has 1 unspecified atom stereocenters. The molecule has 1 amide bonds. The number of thiazole rings is 1. The SMILES string of the molecule is CS(=O)CCNC(=O)c1nc(C(=O)O)cs1. The monoisotopic (exact) mass is 262 g/mol. The van der Waals surface area contributed by atoms with E-state index in [1.165, 1.54) is 11.6 Å². The van der Waals surface area contributed by atoms with E-state index in [0.29, 0.717) is 5.75 Å². The van der Waals surface area contributed by atoms with E-state index in [9.17, 15) is 13.8 Å². The standard InChI is InChI=1S/C8H10N2O4S2/c1-16(14)3-2-9-6(11)7-10-5(4-15-7)8(12)13/h4H,2-3H2,1H3,(H,9,11)(H,12,13). The zero-order valence-corrected chi connectivity index (χ0v) is 10.1. The lowest BCUT2D eigenvalue weighted by atomic mass is 10.5. The van der Waals surface area contributed by atoms with Gasteiger partial charge in [-0.05, 0) is 0 Å². The lowest BCUT2D eigenvalue weighted by Crippen LogP contribution is -2.27. The molecule has 0 aliphatic carbocycles. The van der Waals surface area contributed by atoms with Gasteiger partial charge in [-0.25, -0.2) is 9.78 Å². The van der Waals surface area contributed by atoms with Crippen LogP contribution >= 0.6 is 11.3 Å². The molecule has 0 fully saturated rings. The van der Waals surface area contributed by atoms with Gasteiger partial charge in [-0.3, -0.25) is 9.00 Å². The molecule has 1 rings (SSSR count). The Morgan fingerprint density at radius 1 is 1.62 bits per heavy atom. The minimum absolute atomic E-state index is 0.0966. The molecule has 0 saturated carbocycles. The number of carboxylic acid groups (broad SMARTS) is 1. The van der Waals surface area contributed by atoms with E-state index < -0.39 is 22.7 Å². The Hall–Kier alpha value is -1.28. The maximum Gasteiger partial charge on any atom is 0.355 e. The van der Waals surface area contributed by atoms with E-state index in [0.717, 1.165) is 11.3 Å². The predicted octanol–water partition coefficient (Wildman–Crippen LogP) is -0.0504. The van der Waals surface area contributed by atoms with Crippen LogP contribution < -0.4 is 5.32 Å². The Kier molecular flexibility index (Phi) is 4.56. The Morgan fingerprint density at radius 3 is 2.81 bits per heavy atom. The van der Waals surface area contributed by atoms with Crippen molar-refractivity contribution in [1.82, 2.24) is 10.3 Å². The van der Waals surface area contributed by atoms with Crippen LogP contribution in [-0.4, -0.2) is 44.7 Å². The first-order valence-corrected chi connectivity index (χ1v) is 6.88. The van der Waals surface area contributed by atoms with Crippen molar-refractivity contribution in [3.05, 3.63) is 16.1 Å². The van der Waals surface area contributed by atoms with Gasteiger partial charge in [0.15, 0.2) is 10.7 Å². The molecule has 0 spiro atoms. The highest BCUT2D eigenvalue weighted by Crippen LogP contribution is 2.09. The summed E-state index contributed by atoms with van der Waals surface area (Å²) in [6.07, 6.45) is 1.54. The van der Waals surface area contributed by atoms with Crippen molar-refractivity contribution < 1.29 is 18.9 Å². The van der Waals surface area contributed by atoms with Crippen LogP contribution in [-0.2, 0) is 10.8 Å². The van der Waals surface area contributed by atoms with Crippen molar-refractivity contribution in [2.24, 2.45) is 0 Å². The average Bonchev–Trinajstić information content (AvgIpc) is 2.65. The number of nitrogens with zero attached hydrogens (tertiary/aromatic N) is 1. The van der Waals surface area contributed by atoms with Gasteiger partial charge < -0.3 is 10.4 Å². The number of aromatic carboxylic acids is 1. The first-order valence-electron chi connectivity index (χ1n) is 4.27. The first-order chi connectivity index (χ1) is 7.50. The molecule has 1 aromatic heterocycles. The predicted molar refractivity (Wildman–Crippen MR) is 60.3 cm³/mol. The Bertz CT molecular complexity index is 429. The molecule has 88 valence electrons. The lowest BCUT2D eigenvalue weighted by molar-refractivity contribution is 0.0691. The number of carbonyl (C=O) groups excluding carboxylic acids is 1. The summed E-state index contributed by atoms with van der Waals surface area (Å²) in [5.41, 5.74) is -0.144. The molecular weight excluding hydrogens is 252 g/mol. The second kappa shape index (κ2) is 5.71. The van der Waals surface area contributed by atoms with Crippen molar-refractivity contribution in [2.75, 3.05) is 18.6 Å². The van der Waals surface area contributed by atoms with E-state index >= 15 is 0 Å². The van der Waals surface area contributed by atoms with E-state index in [4.69, 9.17) is 5.11 Å². The van der Waals surface area contributed by atoms with Gasteiger partial charge in [-0.2, -0.15) is 0 Å². The molecule has 1 aromatic rings. The van der Waals surface area contributed by atoms with Crippen LogP contribution in [0.4, 0.5) is 0 Å². The fourth-order valence-electron chi connectivity index (χ4n) is 0.860. The molecule has 0 bridgehead atoms. The molecule has 8 heteroatoms. The maximum absolute atomic E-state index is 11.4. The molecule has 0 radical (unpaired) electrons. The van der Waals surface area contributed by atoms with E-state index in [-0.39, 0.29) is 17.2 Å². The third-order valence-corrected chi connectivity index (χ3v) is 3.21. The smallest absolute Gasteiger partial charge is 0.355 e. The summed E-state index contributed by atoms with van der Waals surface area (Å²) >= 11 is 0.965. The number of hydrogen-bond acceptors (Lipinski definition) is 5. The minimum atomic E-state index is -1.16. The fraction of sp³-hybridized carbons (Fsp3) is 0.375. The zero-order chi connectivity index (χ0) is 12.1. The highest BCUT2D eigenvalue weighted by molar-refractivity contribution is 7.84. The summed E-state index contributed by atoms with van der Waals surface area (Å²) in [4.78, 5) is 25.6. The third-order valence-electron chi connectivity index (χ3n) is 1.59. The van der Waals surface area contributed by atoms with E-state index in [1.54, 1.807) is 0 Å². The first kappa shape index (κ1) is 12.8. The van der Waals surface area contributed by atoms with Crippen LogP contribution in [0, 0.1) is 0 Å². The van der Waals surface area contributed by atoms with Crippen molar-refractivity contribution in [3.63, 3.8) is 0 Å². The van der Waals surface area contributed by atoms with Crippen LogP contribution in [0.15, 0.2) is 5.38 Å². The summed E-state index contributed by atoms with van der Waals surface area (Å²) < 4.78 is 10.7. The van der Waals surface area contributed by atoms with Crippen molar-refractivity contribution in [1.29, 1.82) is 0 Å². The van der Waals surface area contributed by atoms with Crippen molar-refractivity contribution in [3.8, 4) is 0 Å². The summed E-state index contributed by atoms with van der Waals surface area (Å²) in [6, 6.07) is 0. The maximum atomic E-state index is 11.4. The molecular formula is C8H10N2O4S2. The molecule has 0 aliphatic rings. The van der Waals surface area contributed by atoms with Gasteiger partial charge in [0, 0.05) is 34.7 Å². The number of nitrogens with one attached hydrogen (secondary N) is 1. The molecule has 1 atom stereocenters. The summed E-state index contributed by atoms with van der Waals surface area (Å²) in [6.45, 7) is 0.282. The quantitative estimate of drug-likeness (QED) is 0.775. The zero-order valence-electron chi connectivity index (χ0n) is 8.43. The topological polar surface area (TPSA) is 96.4 Å². The van der Waals surface area contributed by atoms with Gasteiger partial charge in [-0.1, -0.05) is 0 Å². The minimum Gasteiger partial charge on any atom is -0.476 e. The van der Waals surface area contributed by atoms with Crippen LogP contribution in [0.3, 0.4) is 0 Å². The fourth-order valence-corrected chi connectivity index (χ4v) is 1.96. The number of hydrogen-bond donors (Lipinski definition) is 2. The lowest BCUT2D eigenvalue weighted by Gasteiger charge is -1.99. The molecule has 16 heavy (non-hydrogen) atoms. The van der Waals surface area contributed by atoms with Crippen LogP contribution in [0.1, 0.15) is 20.3 Å². The van der Waals surface area contributed by atoms with Gasteiger partial charge in [0.1, 0.15) is 0 Å². The van der Waals surface area contributed by atoms with Crippen molar-refractivity contribution >= 4 is 34.0 Å².